The molecular weight excluding hydrogens is 1430 g/mol. The molecule has 4 fully saturated rings. The van der Waals surface area contributed by atoms with Crippen molar-refractivity contribution in [3.05, 3.63) is 100.0 Å². The van der Waals surface area contributed by atoms with Crippen LogP contribution in [0.3, 0.4) is 0 Å². The molecule has 0 spiro atoms. The van der Waals surface area contributed by atoms with E-state index in [0.29, 0.717) is 60.4 Å². The van der Waals surface area contributed by atoms with E-state index in [1.165, 1.54) is 66.7 Å². The molecule has 7 N–H and O–H groups in total. The molecule has 4 saturated carbocycles. The van der Waals surface area contributed by atoms with Crippen LogP contribution in [0.1, 0.15) is 231 Å². The Bertz CT molecular complexity index is 4340. The molecule has 586 valence electrons. The van der Waals surface area contributed by atoms with Crippen LogP contribution in [0.15, 0.2) is 97.6 Å². The second-order valence-electron chi connectivity index (χ2n) is 34.8. The number of hydrogen-bond donors (Lipinski definition) is 6. The molecular formula is C78H120ClN9O13S4. The Hall–Kier alpha value is -4.91. The van der Waals surface area contributed by atoms with Crippen molar-refractivity contribution in [2.24, 2.45) is 56.4 Å². The highest BCUT2D eigenvalue weighted by molar-refractivity contribution is 7.90. The molecule has 0 amide bonds. The number of halogens is 1. The number of carbonyl (C=O) groups is 2. The average Bonchev–Trinajstić information content (AvgIpc) is 0.746. The second kappa shape index (κ2) is 35.0. The molecule has 0 unspecified atom stereocenters. The van der Waals surface area contributed by atoms with E-state index in [-0.39, 0.29) is 122 Å². The predicted octanol–water partition coefficient (Wildman–Crippen LogP) is 15.3. The zero-order valence-corrected chi connectivity index (χ0v) is 68.9. The first-order valence-electron chi connectivity index (χ1n) is 37.3. The van der Waals surface area contributed by atoms with Crippen LogP contribution in [-0.4, -0.2) is 153 Å². The van der Waals surface area contributed by atoms with Gasteiger partial charge in [0.1, 0.15) is 5.69 Å². The first kappa shape index (κ1) is 87.3. The molecule has 0 bridgehead atoms. The molecule has 0 saturated heterocycles. The molecule has 0 heterocycles. The Morgan fingerprint density at radius 1 is 0.419 bits per heavy atom. The van der Waals surface area contributed by atoms with E-state index >= 15 is 0 Å². The number of fused-ring (bicyclic) bond motifs is 4. The molecule has 10 rings (SSSR count). The predicted molar refractivity (Wildman–Crippen MR) is 421 cm³/mol. The molecule has 5 aliphatic carbocycles. The largest absolute Gasteiger partial charge is 0.320 e. The summed E-state index contributed by atoms with van der Waals surface area (Å²) < 4.78 is 121. The Labute approximate surface area is 633 Å². The summed E-state index contributed by atoms with van der Waals surface area (Å²) >= 11 is 0. The third-order valence-corrected chi connectivity index (χ3v) is 30.1. The Morgan fingerprint density at radius 3 is 1.06 bits per heavy atom. The minimum atomic E-state index is -4.02. The quantitative estimate of drug-likeness (QED) is 0.0209. The van der Waals surface area contributed by atoms with Gasteiger partial charge < -0.3 is 15.0 Å². The molecule has 0 aromatic heterocycles. The SMILES string of the molecule is CN(C)CCCN(C1CCC(C(C)(C)C)CC1)S(=O)(=O)c1ccc2c(NO)c3ccc(S(=O)(=O)NC4CCC(C(C)(C)C)CC4)cc3c(N=O)c2c1.CN(C)CCCN(C1CCC(C(C)(C)C)CC1)S(=O)(=O)c1ccc2c(c1)C(=O)c1cc(S(=O)(=O)NC3CCC(C(C)(C)C)CC3)ccc1C2=O.Cl.NO. The van der Waals surface area contributed by atoms with Crippen molar-refractivity contribution in [3.8, 4) is 0 Å². The minimum absolute atomic E-state index is 0. The van der Waals surface area contributed by atoms with E-state index < -0.39 is 51.7 Å². The number of ketones is 2. The first-order chi connectivity index (χ1) is 48.5. The molecule has 5 aliphatic rings. The van der Waals surface area contributed by atoms with E-state index in [0.717, 1.165) is 116 Å². The number of carbonyl (C=O) groups excluding carboxylic acids is 2. The molecule has 5 aromatic rings. The van der Waals surface area contributed by atoms with Crippen LogP contribution >= 0.6 is 12.4 Å². The summed E-state index contributed by atoms with van der Waals surface area (Å²) in [6.07, 6.45) is 14.8. The first-order valence-corrected chi connectivity index (χ1v) is 43.1. The van der Waals surface area contributed by atoms with Gasteiger partial charge in [0.15, 0.2) is 11.6 Å². The fourth-order valence-corrected chi connectivity index (χ4v) is 22.9. The summed E-state index contributed by atoms with van der Waals surface area (Å²) in [5.74, 6) is 4.60. The molecule has 22 nitrogen and oxygen atoms in total. The molecule has 0 radical (unpaired) electrons. The maximum absolute atomic E-state index is 14.5. The van der Waals surface area contributed by atoms with Gasteiger partial charge in [-0.2, -0.15) is 8.61 Å². The fourth-order valence-electron chi connectivity index (χ4n) is 16.7. The number of anilines is 1. The van der Waals surface area contributed by atoms with Crippen LogP contribution < -0.4 is 20.8 Å². The number of benzene rings is 5. The number of nitrogens with zero attached hydrogens (tertiary/aromatic N) is 5. The molecule has 5 aromatic carbocycles. The van der Waals surface area contributed by atoms with E-state index in [1.807, 2.05) is 38.0 Å². The summed E-state index contributed by atoms with van der Waals surface area (Å²) in [6.45, 7) is 28.9. The van der Waals surface area contributed by atoms with Crippen LogP contribution in [0.5, 0.6) is 0 Å². The molecule has 27 heteroatoms. The van der Waals surface area contributed by atoms with Crippen molar-refractivity contribution < 1.29 is 53.7 Å². The average molecular weight is 1560 g/mol. The summed E-state index contributed by atoms with van der Waals surface area (Å²) in [5.41, 5.74) is 3.18. The topological polar surface area (TPSA) is 316 Å². The van der Waals surface area contributed by atoms with E-state index in [9.17, 15) is 53.4 Å². The lowest BCUT2D eigenvalue weighted by atomic mass is 9.71. The molecule has 0 aliphatic heterocycles. The van der Waals surface area contributed by atoms with Crippen molar-refractivity contribution in [3.63, 3.8) is 0 Å². The van der Waals surface area contributed by atoms with Crippen LogP contribution in [0, 0.1) is 50.2 Å². The van der Waals surface area contributed by atoms with E-state index in [2.05, 4.69) is 109 Å². The zero-order valence-electron chi connectivity index (χ0n) is 64.8. The van der Waals surface area contributed by atoms with Crippen molar-refractivity contribution in [1.82, 2.24) is 27.9 Å². The Kier molecular flexibility index (Phi) is 29.1. The smallest absolute Gasteiger partial charge is 0.243 e. The lowest BCUT2D eigenvalue weighted by molar-refractivity contribution is 0.0978. The maximum Gasteiger partial charge on any atom is 0.243 e. The van der Waals surface area contributed by atoms with Gasteiger partial charge in [0, 0.05) is 81.1 Å². The second-order valence-corrected chi connectivity index (χ2v) is 42.0. The Morgan fingerprint density at radius 2 is 0.714 bits per heavy atom. The van der Waals surface area contributed by atoms with E-state index in [4.69, 9.17) is 5.21 Å². The molecule has 105 heavy (non-hydrogen) atoms. The zero-order chi connectivity index (χ0) is 77.0. The molecule has 0 atom stereocenters. The van der Waals surface area contributed by atoms with Gasteiger partial charge in [-0.25, -0.2) is 49.0 Å². The fraction of sp³-hybridized carbons (Fsp3) is 0.641. The third kappa shape index (κ3) is 20.6. The number of sulfonamides is 4. The van der Waals surface area contributed by atoms with Crippen LogP contribution in [0.4, 0.5) is 11.4 Å². The Balaban J connectivity index is 0.000000284. The highest BCUT2D eigenvalue weighted by atomic mass is 35.5. The number of nitrogens with one attached hydrogen (secondary N) is 3. The number of hydrogen-bond acceptors (Lipinski definition) is 18. The van der Waals surface area contributed by atoms with Crippen molar-refractivity contribution in [1.29, 1.82) is 0 Å². The van der Waals surface area contributed by atoms with E-state index in [1.54, 1.807) is 14.7 Å². The van der Waals surface area contributed by atoms with Gasteiger partial charge in [-0.05, 0) is 268 Å². The normalized spacial score (nSPS) is 22.4. The van der Waals surface area contributed by atoms with Crippen molar-refractivity contribution >= 4 is 97.0 Å². The van der Waals surface area contributed by atoms with Crippen LogP contribution in [0.2, 0.25) is 0 Å². The van der Waals surface area contributed by atoms with Gasteiger partial charge in [0.05, 0.1) is 25.3 Å². The van der Waals surface area contributed by atoms with Gasteiger partial charge in [0.25, 0.3) is 0 Å². The third-order valence-electron chi connectivity index (χ3n) is 23.2. The highest BCUT2D eigenvalue weighted by Gasteiger charge is 2.42. The number of nitrogens with two attached hydrogens (primary N) is 1. The number of nitroso groups, excluding NO2 is 1. The number of rotatable bonds is 22. The lowest BCUT2D eigenvalue weighted by Crippen LogP contribution is -2.44. The summed E-state index contributed by atoms with van der Waals surface area (Å²) in [7, 11) is -8.12. The van der Waals surface area contributed by atoms with Gasteiger partial charge in [-0.15, -0.1) is 17.3 Å². The van der Waals surface area contributed by atoms with Crippen molar-refractivity contribution in [2.45, 2.75) is 242 Å². The van der Waals surface area contributed by atoms with Gasteiger partial charge in [-0.1, -0.05) is 95.2 Å². The summed E-state index contributed by atoms with van der Waals surface area (Å²) in [4.78, 5) is 44.2. The standard InChI is InChI=1S/C39H59N5O6S2.C39H57N3O6S2.ClH.H3NO/c1-38(2,3)26-10-14-28(15-11-26)42-51(47,48)30-18-20-32-34(24-30)37(41-46)35-25-31(19-21-33(35)36(32)40-45)52(49,50)44(23-9-22-43(7)8)29-16-12-27(13-17-29)39(4,5)6;1-38(2,3)26-10-14-28(15-11-26)40-49(45,46)30-18-20-32-34(24-30)37(44)35-25-31(19-21-33(35)36(32)43)50(47,48)42(23-9-22-41(7)8)29-16-12-27(13-17-29)39(4,5)6;;1-2/h18-21,24-29,40,42,45H,9-17,22-23H2,1-8H3;18-21,24-29,40H,9-17,22-23H2,1-8H3;1H;2H,1H2. The summed E-state index contributed by atoms with van der Waals surface area (Å²) in [6, 6.07) is 16.4. The van der Waals surface area contributed by atoms with Gasteiger partial charge in [0.2, 0.25) is 40.1 Å². The highest BCUT2D eigenvalue weighted by Crippen LogP contribution is 2.47. The monoisotopic (exact) mass is 1550 g/mol. The van der Waals surface area contributed by atoms with Gasteiger partial charge in [-0.3, -0.25) is 20.3 Å². The van der Waals surface area contributed by atoms with Crippen LogP contribution in [0.25, 0.3) is 21.5 Å². The minimum Gasteiger partial charge on any atom is -0.320 e. The lowest BCUT2D eigenvalue weighted by Gasteiger charge is -2.40. The maximum atomic E-state index is 14.5. The summed E-state index contributed by atoms with van der Waals surface area (Å²) in [5, 5.41) is 21.3. The van der Waals surface area contributed by atoms with Crippen LogP contribution in [-0.2, 0) is 40.1 Å². The van der Waals surface area contributed by atoms with Gasteiger partial charge >= 0.3 is 0 Å². The van der Waals surface area contributed by atoms with Crippen molar-refractivity contribution in [2.75, 3.05) is 59.8 Å².